The van der Waals surface area contributed by atoms with Crippen LogP contribution in [0, 0.1) is 10.1 Å². The number of rotatable bonds is 2. The minimum absolute atomic E-state index is 0.275. The number of nitro groups is 1. The van der Waals surface area contributed by atoms with Gasteiger partial charge < -0.3 is 4.74 Å². The second-order valence-corrected chi connectivity index (χ2v) is 2.30. The highest BCUT2D eigenvalue weighted by atomic mass is 16.6. The number of ether oxygens (including phenoxy) is 1. The third-order valence-corrected chi connectivity index (χ3v) is 1.44. The quantitative estimate of drug-likeness (QED) is 0.333. The van der Waals surface area contributed by atoms with Gasteiger partial charge in [-0.15, -0.1) is 0 Å². The molecule has 12 heavy (non-hydrogen) atoms. The van der Waals surface area contributed by atoms with Crippen LogP contribution in [0.25, 0.3) is 0 Å². The van der Waals surface area contributed by atoms with Crippen LogP contribution in [0.15, 0.2) is 24.1 Å². The van der Waals surface area contributed by atoms with Crippen molar-refractivity contribution < 1.29 is 9.66 Å². The summed E-state index contributed by atoms with van der Waals surface area (Å²) in [5.74, 6) is -1.48. The topological polar surface area (TPSA) is 90.4 Å². The second kappa shape index (κ2) is 2.82. The van der Waals surface area contributed by atoms with Gasteiger partial charge in [0.05, 0.1) is 12.0 Å². The van der Waals surface area contributed by atoms with Crippen LogP contribution in [0.2, 0.25) is 0 Å². The van der Waals surface area contributed by atoms with E-state index in [-0.39, 0.29) is 5.88 Å². The lowest BCUT2D eigenvalue weighted by Gasteiger charge is -2.22. The second-order valence-electron chi connectivity index (χ2n) is 2.30. The molecule has 66 valence electrons. The SMILES string of the molecule is COC1=CC=CC(N)([N+](=O)[O-])N1. The van der Waals surface area contributed by atoms with Gasteiger partial charge in [0, 0.05) is 6.08 Å². The van der Waals surface area contributed by atoms with E-state index in [9.17, 15) is 10.1 Å². The Kier molecular flexibility index (Phi) is 2.01. The Morgan fingerprint density at radius 3 is 3.00 bits per heavy atom. The summed E-state index contributed by atoms with van der Waals surface area (Å²) in [5.41, 5.74) is 5.35. The maximum Gasteiger partial charge on any atom is 0.373 e. The zero-order valence-electron chi connectivity index (χ0n) is 6.48. The maximum atomic E-state index is 10.4. The lowest BCUT2D eigenvalue weighted by Crippen LogP contribution is -2.58. The fraction of sp³-hybridized carbons (Fsp3) is 0.333. The van der Waals surface area contributed by atoms with Gasteiger partial charge in [-0.2, -0.15) is 0 Å². The monoisotopic (exact) mass is 171 g/mol. The Balaban J connectivity index is 2.82. The fourth-order valence-corrected chi connectivity index (χ4v) is 0.788. The molecule has 0 amide bonds. The first-order valence-corrected chi connectivity index (χ1v) is 3.23. The van der Waals surface area contributed by atoms with Crippen LogP contribution in [-0.4, -0.2) is 17.8 Å². The minimum Gasteiger partial charge on any atom is -0.482 e. The summed E-state index contributed by atoms with van der Waals surface area (Å²) >= 11 is 0. The van der Waals surface area contributed by atoms with Crippen LogP contribution in [0.4, 0.5) is 0 Å². The molecule has 0 aromatic heterocycles. The molecule has 0 aliphatic carbocycles. The molecule has 0 saturated heterocycles. The average molecular weight is 171 g/mol. The highest BCUT2D eigenvalue weighted by molar-refractivity contribution is 5.17. The molecule has 1 atom stereocenters. The number of nitrogens with one attached hydrogen (secondary N) is 1. The van der Waals surface area contributed by atoms with Crippen molar-refractivity contribution in [3.05, 3.63) is 34.2 Å². The van der Waals surface area contributed by atoms with Gasteiger partial charge in [-0.05, 0) is 6.08 Å². The molecule has 0 fully saturated rings. The van der Waals surface area contributed by atoms with Gasteiger partial charge in [0.2, 0.25) is 0 Å². The molecule has 6 heteroatoms. The van der Waals surface area contributed by atoms with Gasteiger partial charge in [-0.3, -0.25) is 15.4 Å². The number of hydrogen-bond acceptors (Lipinski definition) is 5. The highest BCUT2D eigenvalue weighted by Crippen LogP contribution is 2.09. The smallest absolute Gasteiger partial charge is 0.373 e. The molecule has 0 saturated carbocycles. The molecule has 0 aromatic carbocycles. The molecule has 3 N–H and O–H groups in total. The molecule has 1 rings (SSSR count). The molecule has 6 nitrogen and oxygen atoms in total. The molecule has 0 bridgehead atoms. The molecule has 0 radical (unpaired) electrons. The summed E-state index contributed by atoms with van der Waals surface area (Å²) in [5, 5.41) is 12.8. The number of hydrogen-bond donors (Lipinski definition) is 2. The van der Waals surface area contributed by atoms with Gasteiger partial charge in [0.25, 0.3) is 0 Å². The minimum atomic E-state index is -1.75. The number of methoxy groups -OCH3 is 1. The van der Waals surface area contributed by atoms with Crippen molar-refractivity contribution in [2.75, 3.05) is 7.11 Å². The summed E-state index contributed by atoms with van der Waals surface area (Å²) in [6.45, 7) is 0. The van der Waals surface area contributed by atoms with Crippen molar-refractivity contribution in [1.82, 2.24) is 5.32 Å². The van der Waals surface area contributed by atoms with E-state index in [1.807, 2.05) is 0 Å². The van der Waals surface area contributed by atoms with Crippen molar-refractivity contribution in [2.24, 2.45) is 5.73 Å². The van der Waals surface area contributed by atoms with Crippen LogP contribution in [0.3, 0.4) is 0 Å². The molecule has 1 aliphatic heterocycles. The van der Waals surface area contributed by atoms with E-state index in [4.69, 9.17) is 10.5 Å². The van der Waals surface area contributed by atoms with Crippen molar-refractivity contribution in [3.8, 4) is 0 Å². The van der Waals surface area contributed by atoms with E-state index in [1.165, 1.54) is 19.3 Å². The van der Waals surface area contributed by atoms with E-state index in [2.05, 4.69) is 5.32 Å². The predicted molar refractivity (Wildman–Crippen MR) is 41.3 cm³/mol. The summed E-state index contributed by atoms with van der Waals surface area (Å²) in [6.07, 6.45) is 4.27. The van der Waals surface area contributed by atoms with E-state index in [0.717, 1.165) is 0 Å². The van der Waals surface area contributed by atoms with Crippen LogP contribution in [0.5, 0.6) is 0 Å². The molecule has 0 aromatic rings. The number of dihydropyridines is 1. The standard InChI is InChI=1S/C6H9N3O3/c1-12-5-3-2-4-6(7,8-5)9(10)11/h2-4,8H,7H2,1H3. The Morgan fingerprint density at radius 2 is 2.50 bits per heavy atom. The lowest BCUT2D eigenvalue weighted by molar-refractivity contribution is -0.561. The van der Waals surface area contributed by atoms with Crippen LogP contribution in [0.1, 0.15) is 0 Å². The normalized spacial score (nSPS) is 27.3. The van der Waals surface area contributed by atoms with Gasteiger partial charge in [-0.25, -0.2) is 5.73 Å². The van der Waals surface area contributed by atoms with Gasteiger partial charge in [0.1, 0.15) is 0 Å². The predicted octanol–water partition coefficient (Wildman–Crippen LogP) is -0.477. The first-order chi connectivity index (χ1) is 5.58. The molecular formula is C6H9N3O3. The lowest BCUT2D eigenvalue weighted by atomic mass is 10.2. The zero-order valence-corrected chi connectivity index (χ0v) is 6.48. The third kappa shape index (κ3) is 1.37. The number of allylic oxidation sites excluding steroid dienone is 2. The molecule has 0 spiro atoms. The van der Waals surface area contributed by atoms with E-state index < -0.39 is 10.7 Å². The van der Waals surface area contributed by atoms with Gasteiger partial charge in [-0.1, -0.05) is 6.08 Å². The Hall–Kier alpha value is -1.56. The molecular weight excluding hydrogens is 162 g/mol. The first-order valence-electron chi connectivity index (χ1n) is 3.23. The van der Waals surface area contributed by atoms with Crippen molar-refractivity contribution in [3.63, 3.8) is 0 Å². The van der Waals surface area contributed by atoms with Crippen LogP contribution in [-0.2, 0) is 4.74 Å². The molecule has 1 unspecified atom stereocenters. The molecule has 1 aliphatic rings. The Labute approximate surface area is 68.8 Å². The van der Waals surface area contributed by atoms with Gasteiger partial charge >= 0.3 is 5.79 Å². The Morgan fingerprint density at radius 1 is 1.83 bits per heavy atom. The van der Waals surface area contributed by atoms with E-state index >= 15 is 0 Å². The van der Waals surface area contributed by atoms with E-state index in [0.29, 0.717) is 0 Å². The van der Waals surface area contributed by atoms with E-state index in [1.54, 1.807) is 6.08 Å². The third-order valence-electron chi connectivity index (χ3n) is 1.44. The molecule has 1 heterocycles. The van der Waals surface area contributed by atoms with Crippen LogP contribution < -0.4 is 11.1 Å². The number of nitrogens with two attached hydrogens (primary N) is 1. The summed E-state index contributed by atoms with van der Waals surface area (Å²) in [7, 11) is 1.40. The summed E-state index contributed by atoms with van der Waals surface area (Å²) in [4.78, 5) is 9.79. The average Bonchev–Trinajstić information content (AvgIpc) is 2.04. The summed E-state index contributed by atoms with van der Waals surface area (Å²) < 4.78 is 4.75. The first kappa shape index (κ1) is 8.54. The van der Waals surface area contributed by atoms with Crippen molar-refractivity contribution in [2.45, 2.75) is 5.79 Å². The summed E-state index contributed by atoms with van der Waals surface area (Å²) in [6, 6.07) is 0. The van der Waals surface area contributed by atoms with Crippen molar-refractivity contribution >= 4 is 0 Å². The Bertz CT molecular complexity index is 261. The fourth-order valence-electron chi connectivity index (χ4n) is 0.788. The highest BCUT2D eigenvalue weighted by Gasteiger charge is 2.37. The number of nitrogens with zero attached hydrogens (tertiary/aromatic N) is 1. The van der Waals surface area contributed by atoms with Crippen molar-refractivity contribution in [1.29, 1.82) is 0 Å². The maximum absolute atomic E-state index is 10.4. The van der Waals surface area contributed by atoms with Crippen LogP contribution >= 0.6 is 0 Å². The van der Waals surface area contributed by atoms with Gasteiger partial charge in [0.15, 0.2) is 5.88 Å². The largest absolute Gasteiger partial charge is 0.482 e. The zero-order chi connectivity index (χ0) is 9.19.